The van der Waals surface area contributed by atoms with Gasteiger partial charge in [0.25, 0.3) is 0 Å². The fourth-order valence-electron chi connectivity index (χ4n) is 1.98. The predicted octanol–water partition coefficient (Wildman–Crippen LogP) is 3.69. The molecule has 0 aromatic heterocycles. The number of hydrogen-bond donors (Lipinski definition) is 0. The molecule has 4 nitrogen and oxygen atoms in total. The maximum atomic E-state index is 11.6. The number of hydrogen-bond acceptors (Lipinski definition) is 4. The van der Waals surface area contributed by atoms with Gasteiger partial charge in [0.05, 0.1) is 13.0 Å². The van der Waals surface area contributed by atoms with Crippen LogP contribution in [0.3, 0.4) is 0 Å². The van der Waals surface area contributed by atoms with Crippen LogP contribution in [0.25, 0.3) is 0 Å². The molecule has 0 saturated carbocycles. The highest BCUT2D eigenvalue weighted by molar-refractivity contribution is 5.69. The summed E-state index contributed by atoms with van der Waals surface area (Å²) in [6.45, 7) is 4.87. The molecule has 122 valence electrons. The third-order valence-corrected chi connectivity index (χ3v) is 3.29. The first-order chi connectivity index (χ1) is 11.1. The molecule has 0 amide bonds. The SMILES string of the molecule is Cc1ccc(OCCC(=O)OCCOc2ccccc2C)cc1. The lowest BCUT2D eigenvalue weighted by molar-refractivity contribution is -0.144. The number of benzene rings is 2. The Labute approximate surface area is 137 Å². The van der Waals surface area contributed by atoms with Gasteiger partial charge < -0.3 is 14.2 Å². The molecule has 0 heterocycles. The molecule has 4 heteroatoms. The zero-order chi connectivity index (χ0) is 16.5. The van der Waals surface area contributed by atoms with Crippen molar-refractivity contribution in [3.8, 4) is 11.5 Å². The van der Waals surface area contributed by atoms with Crippen molar-refractivity contribution in [1.82, 2.24) is 0 Å². The molecular formula is C19H22O4. The molecule has 0 fully saturated rings. The van der Waals surface area contributed by atoms with Crippen LogP contribution in [0.1, 0.15) is 17.5 Å². The fraction of sp³-hybridized carbons (Fsp3) is 0.316. The van der Waals surface area contributed by atoms with Gasteiger partial charge in [0.1, 0.15) is 24.7 Å². The topological polar surface area (TPSA) is 44.8 Å². The normalized spacial score (nSPS) is 10.2. The van der Waals surface area contributed by atoms with E-state index in [1.165, 1.54) is 5.56 Å². The summed E-state index contributed by atoms with van der Waals surface area (Å²) in [4.78, 5) is 11.6. The summed E-state index contributed by atoms with van der Waals surface area (Å²) < 4.78 is 16.2. The van der Waals surface area contributed by atoms with Crippen molar-refractivity contribution in [1.29, 1.82) is 0 Å². The van der Waals surface area contributed by atoms with Crippen LogP contribution in [0.15, 0.2) is 48.5 Å². The third kappa shape index (κ3) is 6.02. The van der Waals surface area contributed by atoms with E-state index in [2.05, 4.69) is 0 Å². The molecule has 2 aromatic carbocycles. The number of para-hydroxylation sites is 1. The Kier molecular flexibility index (Phi) is 6.48. The summed E-state index contributed by atoms with van der Waals surface area (Å²) in [5, 5.41) is 0. The second kappa shape index (κ2) is 8.83. The van der Waals surface area contributed by atoms with Gasteiger partial charge in [-0.25, -0.2) is 0 Å². The molecule has 0 aliphatic rings. The van der Waals surface area contributed by atoms with E-state index < -0.39 is 0 Å². The van der Waals surface area contributed by atoms with Gasteiger partial charge in [-0.2, -0.15) is 0 Å². The molecule has 0 bridgehead atoms. The molecule has 0 aliphatic heterocycles. The van der Waals surface area contributed by atoms with Crippen LogP contribution in [0.4, 0.5) is 0 Å². The number of rotatable bonds is 8. The molecule has 2 rings (SSSR count). The minimum atomic E-state index is -0.287. The highest BCUT2D eigenvalue weighted by Gasteiger charge is 2.04. The molecule has 0 unspecified atom stereocenters. The molecule has 0 spiro atoms. The van der Waals surface area contributed by atoms with Crippen LogP contribution in [-0.2, 0) is 9.53 Å². The van der Waals surface area contributed by atoms with Gasteiger partial charge in [-0.05, 0) is 37.6 Å². The van der Waals surface area contributed by atoms with Crippen molar-refractivity contribution in [3.05, 3.63) is 59.7 Å². The van der Waals surface area contributed by atoms with Crippen molar-refractivity contribution >= 4 is 5.97 Å². The number of esters is 1. The number of aryl methyl sites for hydroxylation is 2. The molecule has 0 saturated heterocycles. The Hall–Kier alpha value is -2.49. The highest BCUT2D eigenvalue weighted by atomic mass is 16.6. The number of carbonyl (C=O) groups excluding carboxylic acids is 1. The number of carbonyl (C=O) groups is 1. The van der Waals surface area contributed by atoms with E-state index in [1.807, 2.05) is 62.4 Å². The quantitative estimate of drug-likeness (QED) is 0.550. The van der Waals surface area contributed by atoms with Gasteiger partial charge in [0.15, 0.2) is 0 Å². The van der Waals surface area contributed by atoms with Crippen LogP contribution >= 0.6 is 0 Å². The van der Waals surface area contributed by atoms with E-state index in [4.69, 9.17) is 14.2 Å². The summed E-state index contributed by atoms with van der Waals surface area (Å²) in [6, 6.07) is 15.4. The van der Waals surface area contributed by atoms with Gasteiger partial charge in [-0.3, -0.25) is 4.79 Å². The average molecular weight is 314 g/mol. The first kappa shape index (κ1) is 16.9. The molecule has 2 aromatic rings. The van der Waals surface area contributed by atoms with Crippen LogP contribution in [-0.4, -0.2) is 25.8 Å². The first-order valence-corrected chi connectivity index (χ1v) is 7.68. The monoisotopic (exact) mass is 314 g/mol. The molecule has 0 aliphatic carbocycles. The lowest BCUT2D eigenvalue weighted by Gasteiger charge is -2.10. The van der Waals surface area contributed by atoms with Crippen LogP contribution in [0.5, 0.6) is 11.5 Å². The second-order valence-corrected chi connectivity index (χ2v) is 5.25. The van der Waals surface area contributed by atoms with E-state index >= 15 is 0 Å². The van der Waals surface area contributed by atoms with Gasteiger partial charge in [-0.15, -0.1) is 0 Å². The maximum Gasteiger partial charge on any atom is 0.309 e. The molecule has 23 heavy (non-hydrogen) atoms. The lowest BCUT2D eigenvalue weighted by Crippen LogP contribution is -2.14. The van der Waals surface area contributed by atoms with E-state index in [0.29, 0.717) is 13.2 Å². The van der Waals surface area contributed by atoms with E-state index in [-0.39, 0.29) is 19.0 Å². The van der Waals surface area contributed by atoms with Crippen LogP contribution < -0.4 is 9.47 Å². The molecule has 0 radical (unpaired) electrons. The molecule has 0 atom stereocenters. The average Bonchev–Trinajstić information content (AvgIpc) is 2.55. The Balaban J connectivity index is 1.58. The second-order valence-electron chi connectivity index (χ2n) is 5.25. The van der Waals surface area contributed by atoms with Crippen molar-refractivity contribution in [2.45, 2.75) is 20.3 Å². The third-order valence-electron chi connectivity index (χ3n) is 3.29. The van der Waals surface area contributed by atoms with Gasteiger partial charge in [0, 0.05) is 0 Å². The lowest BCUT2D eigenvalue weighted by atomic mass is 10.2. The van der Waals surface area contributed by atoms with Crippen molar-refractivity contribution in [2.24, 2.45) is 0 Å². The van der Waals surface area contributed by atoms with Crippen molar-refractivity contribution < 1.29 is 19.0 Å². The number of ether oxygens (including phenoxy) is 3. The summed E-state index contributed by atoms with van der Waals surface area (Å²) >= 11 is 0. The maximum absolute atomic E-state index is 11.6. The summed E-state index contributed by atoms with van der Waals surface area (Å²) in [6.07, 6.45) is 0.220. The standard InChI is InChI=1S/C19H22O4/c1-15-7-9-17(10-8-15)21-12-11-19(20)23-14-13-22-18-6-4-3-5-16(18)2/h3-10H,11-14H2,1-2H3. The zero-order valence-corrected chi connectivity index (χ0v) is 13.6. The van der Waals surface area contributed by atoms with E-state index in [1.54, 1.807) is 0 Å². The minimum absolute atomic E-state index is 0.220. The highest BCUT2D eigenvalue weighted by Crippen LogP contribution is 2.15. The predicted molar refractivity (Wildman–Crippen MR) is 88.9 cm³/mol. The van der Waals surface area contributed by atoms with Crippen LogP contribution in [0.2, 0.25) is 0 Å². The van der Waals surface area contributed by atoms with E-state index in [9.17, 15) is 4.79 Å². The van der Waals surface area contributed by atoms with Crippen molar-refractivity contribution in [2.75, 3.05) is 19.8 Å². The van der Waals surface area contributed by atoms with Gasteiger partial charge in [-0.1, -0.05) is 35.9 Å². The smallest absolute Gasteiger partial charge is 0.309 e. The summed E-state index contributed by atoms with van der Waals surface area (Å²) in [5.41, 5.74) is 2.23. The summed E-state index contributed by atoms with van der Waals surface area (Å²) in [5.74, 6) is 1.28. The Morgan fingerprint density at radius 3 is 2.35 bits per heavy atom. The first-order valence-electron chi connectivity index (χ1n) is 7.68. The van der Waals surface area contributed by atoms with Crippen LogP contribution in [0, 0.1) is 13.8 Å². The minimum Gasteiger partial charge on any atom is -0.493 e. The Morgan fingerprint density at radius 2 is 1.61 bits per heavy atom. The van der Waals surface area contributed by atoms with Gasteiger partial charge >= 0.3 is 5.97 Å². The Morgan fingerprint density at radius 1 is 0.870 bits per heavy atom. The molecule has 0 N–H and O–H groups in total. The Bertz CT molecular complexity index is 620. The summed E-state index contributed by atoms with van der Waals surface area (Å²) in [7, 11) is 0. The zero-order valence-electron chi connectivity index (χ0n) is 13.6. The van der Waals surface area contributed by atoms with E-state index in [0.717, 1.165) is 17.1 Å². The van der Waals surface area contributed by atoms with Gasteiger partial charge in [0.2, 0.25) is 0 Å². The largest absolute Gasteiger partial charge is 0.493 e. The van der Waals surface area contributed by atoms with Crippen molar-refractivity contribution in [3.63, 3.8) is 0 Å². The molecular weight excluding hydrogens is 292 g/mol. The fourth-order valence-corrected chi connectivity index (χ4v) is 1.98.